The lowest BCUT2D eigenvalue weighted by Crippen LogP contribution is -2.37. The number of methoxy groups -OCH3 is 1. The van der Waals surface area contributed by atoms with Crippen LogP contribution in [0.4, 0.5) is 0 Å². The van der Waals surface area contributed by atoms with Crippen molar-refractivity contribution in [2.45, 2.75) is 12.5 Å². The highest BCUT2D eigenvalue weighted by molar-refractivity contribution is 5.82. The van der Waals surface area contributed by atoms with Gasteiger partial charge >= 0.3 is 0 Å². The maximum atomic E-state index is 5.29. The summed E-state index contributed by atoms with van der Waals surface area (Å²) >= 11 is 0. The molecule has 0 saturated carbocycles. The molecule has 1 atom stereocenters. The minimum absolute atomic E-state index is 0.438. The lowest BCUT2D eigenvalue weighted by Gasteiger charge is -2.32. The van der Waals surface area contributed by atoms with Gasteiger partial charge in [-0.05, 0) is 24.1 Å². The maximum absolute atomic E-state index is 5.29. The highest BCUT2D eigenvalue weighted by Crippen LogP contribution is 2.30. The number of rotatable bonds is 2. The molecule has 0 radical (unpaired) electrons. The Labute approximate surface area is 101 Å². The average molecular weight is 231 g/mol. The van der Waals surface area contributed by atoms with Crippen molar-refractivity contribution >= 4 is 5.96 Å². The van der Waals surface area contributed by atoms with Crippen molar-refractivity contribution in [3.63, 3.8) is 0 Å². The Balaban J connectivity index is 1.90. The van der Waals surface area contributed by atoms with Crippen LogP contribution >= 0.6 is 0 Å². The number of hydrogen-bond donors (Lipinski definition) is 1. The second kappa shape index (κ2) is 4.28. The van der Waals surface area contributed by atoms with E-state index in [4.69, 9.17) is 4.74 Å². The first-order chi connectivity index (χ1) is 8.38. The number of benzene rings is 1. The van der Waals surface area contributed by atoms with E-state index < -0.39 is 0 Å². The molecule has 1 aromatic rings. The van der Waals surface area contributed by atoms with Crippen molar-refractivity contribution in [1.29, 1.82) is 0 Å². The van der Waals surface area contributed by atoms with Gasteiger partial charge in [0.05, 0.1) is 13.2 Å². The standard InChI is InChI=1S/C13H17N3O/c1-17-11-4-2-3-10(9-11)12-5-6-14-13-15-7-8-16(12)13/h2-4,9,12H,5-8H2,1H3,(H,14,15). The van der Waals surface area contributed by atoms with Gasteiger partial charge in [-0.2, -0.15) is 0 Å². The molecule has 3 rings (SSSR count). The first-order valence-electron chi connectivity index (χ1n) is 6.07. The van der Waals surface area contributed by atoms with Crippen LogP contribution in [-0.4, -0.2) is 37.6 Å². The van der Waals surface area contributed by atoms with Gasteiger partial charge in [-0.1, -0.05) is 12.1 Å². The number of hydrogen-bond acceptors (Lipinski definition) is 4. The van der Waals surface area contributed by atoms with Crippen LogP contribution in [0.2, 0.25) is 0 Å². The molecular formula is C13H17N3O. The minimum Gasteiger partial charge on any atom is -0.497 e. The van der Waals surface area contributed by atoms with E-state index in [1.54, 1.807) is 7.11 Å². The molecule has 0 spiro atoms. The zero-order valence-corrected chi connectivity index (χ0v) is 10.0. The molecule has 1 aromatic carbocycles. The van der Waals surface area contributed by atoms with Gasteiger partial charge in [0, 0.05) is 19.6 Å². The van der Waals surface area contributed by atoms with E-state index in [9.17, 15) is 0 Å². The number of ether oxygens (including phenoxy) is 1. The zero-order valence-electron chi connectivity index (χ0n) is 10.0. The van der Waals surface area contributed by atoms with Crippen LogP contribution in [0, 0.1) is 0 Å². The quantitative estimate of drug-likeness (QED) is 0.836. The lowest BCUT2D eigenvalue weighted by atomic mass is 10.0. The molecule has 2 aliphatic heterocycles. The van der Waals surface area contributed by atoms with E-state index in [-0.39, 0.29) is 0 Å². The fourth-order valence-corrected chi connectivity index (χ4v) is 2.59. The fourth-order valence-electron chi connectivity index (χ4n) is 2.59. The molecule has 0 aliphatic carbocycles. The first-order valence-corrected chi connectivity index (χ1v) is 6.07. The highest BCUT2D eigenvalue weighted by atomic mass is 16.5. The Kier molecular flexibility index (Phi) is 2.63. The van der Waals surface area contributed by atoms with E-state index in [0.29, 0.717) is 6.04 Å². The summed E-state index contributed by atoms with van der Waals surface area (Å²) in [5, 5.41) is 3.33. The fraction of sp³-hybridized carbons (Fsp3) is 0.462. The van der Waals surface area contributed by atoms with Gasteiger partial charge in [-0.15, -0.1) is 0 Å². The van der Waals surface area contributed by atoms with Crippen molar-refractivity contribution in [2.24, 2.45) is 4.99 Å². The van der Waals surface area contributed by atoms with Gasteiger partial charge in [0.2, 0.25) is 0 Å². The smallest absolute Gasteiger partial charge is 0.194 e. The second-order valence-electron chi connectivity index (χ2n) is 4.41. The summed E-state index contributed by atoms with van der Waals surface area (Å²) in [6.07, 6.45) is 1.08. The van der Waals surface area contributed by atoms with E-state index in [1.807, 2.05) is 6.07 Å². The summed E-state index contributed by atoms with van der Waals surface area (Å²) in [7, 11) is 1.71. The van der Waals surface area contributed by atoms with Crippen LogP contribution in [0.15, 0.2) is 29.3 Å². The van der Waals surface area contributed by atoms with Crippen molar-refractivity contribution in [2.75, 3.05) is 26.7 Å². The molecule has 2 heterocycles. The van der Waals surface area contributed by atoms with Crippen LogP contribution in [0.3, 0.4) is 0 Å². The second-order valence-corrected chi connectivity index (χ2v) is 4.41. The van der Waals surface area contributed by atoms with E-state index in [2.05, 4.69) is 33.4 Å². The third-order valence-corrected chi connectivity index (χ3v) is 3.43. The molecule has 4 heteroatoms. The predicted octanol–water partition coefficient (Wildman–Crippen LogP) is 1.40. The summed E-state index contributed by atoms with van der Waals surface area (Å²) in [6.45, 7) is 2.95. The third-order valence-electron chi connectivity index (χ3n) is 3.43. The minimum atomic E-state index is 0.438. The molecular weight excluding hydrogens is 214 g/mol. The third kappa shape index (κ3) is 1.84. The average Bonchev–Trinajstić information content (AvgIpc) is 2.87. The summed E-state index contributed by atoms with van der Waals surface area (Å²) in [5.74, 6) is 1.99. The van der Waals surface area contributed by atoms with Crippen LogP contribution in [-0.2, 0) is 0 Å². The number of fused-ring (bicyclic) bond motifs is 1. The number of guanidine groups is 1. The van der Waals surface area contributed by atoms with Gasteiger partial charge < -0.3 is 15.0 Å². The Morgan fingerprint density at radius 2 is 2.41 bits per heavy atom. The van der Waals surface area contributed by atoms with Crippen LogP contribution in [0.1, 0.15) is 18.0 Å². The summed E-state index contributed by atoms with van der Waals surface area (Å²) < 4.78 is 5.29. The zero-order chi connectivity index (χ0) is 11.7. The van der Waals surface area contributed by atoms with Gasteiger partial charge in [0.25, 0.3) is 0 Å². The van der Waals surface area contributed by atoms with Crippen LogP contribution in [0.25, 0.3) is 0 Å². The van der Waals surface area contributed by atoms with Crippen molar-refractivity contribution < 1.29 is 4.74 Å². The molecule has 17 heavy (non-hydrogen) atoms. The molecule has 1 N–H and O–H groups in total. The molecule has 1 saturated heterocycles. The summed E-state index contributed by atoms with van der Waals surface area (Å²) in [6, 6.07) is 8.79. The van der Waals surface area contributed by atoms with Crippen molar-refractivity contribution in [3.05, 3.63) is 29.8 Å². The Morgan fingerprint density at radius 3 is 3.29 bits per heavy atom. The predicted molar refractivity (Wildman–Crippen MR) is 67.4 cm³/mol. The Hall–Kier alpha value is -1.71. The van der Waals surface area contributed by atoms with E-state index >= 15 is 0 Å². The summed E-state index contributed by atoms with van der Waals surface area (Å²) in [4.78, 5) is 6.87. The number of nitrogens with zero attached hydrogens (tertiary/aromatic N) is 2. The normalized spacial score (nSPS) is 22.8. The van der Waals surface area contributed by atoms with Crippen molar-refractivity contribution in [3.8, 4) is 5.75 Å². The molecule has 0 bridgehead atoms. The first kappa shape index (κ1) is 10.4. The molecule has 1 fully saturated rings. The lowest BCUT2D eigenvalue weighted by molar-refractivity contribution is 0.313. The Morgan fingerprint density at radius 1 is 1.47 bits per heavy atom. The number of aliphatic imine (C=N–C) groups is 1. The largest absolute Gasteiger partial charge is 0.497 e. The van der Waals surface area contributed by atoms with Gasteiger partial charge in [-0.25, -0.2) is 0 Å². The van der Waals surface area contributed by atoms with E-state index in [1.165, 1.54) is 5.56 Å². The highest BCUT2D eigenvalue weighted by Gasteiger charge is 2.30. The molecule has 90 valence electrons. The van der Waals surface area contributed by atoms with Crippen LogP contribution in [0.5, 0.6) is 5.75 Å². The maximum Gasteiger partial charge on any atom is 0.194 e. The van der Waals surface area contributed by atoms with Gasteiger partial charge in [0.15, 0.2) is 5.96 Å². The molecule has 0 aromatic heterocycles. The van der Waals surface area contributed by atoms with Gasteiger partial charge in [-0.3, -0.25) is 4.99 Å². The van der Waals surface area contributed by atoms with E-state index in [0.717, 1.165) is 37.8 Å². The summed E-state index contributed by atoms with van der Waals surface area (Å²) in [5.41, 5.74) is 1.32. The molecule has 2 aliphatic rings. The Bertz CT molecular complexity index is 444. The number of nitrogens with one attached hydrogen (secondary N) is 1. The van der Waals surface area contributed by atoms with Gasteiger partial charge in [0.1, 0.15) is 5.75 Å². The van der Waals surface area contributed by atoms with Crippen LogP contribution < -0.4 is 10.1 Å². The monoisotopic (exact) mass is 231 g/mol. The topological polar surface area (TPSA) is 36.9 Å². The molecule has 0 amide bonds. The molecule has 4 nitrogen and oxygen atoms in total. The SMILES string of the molecule is COc1cccc(C2CCN=C3NCCN32)c1. The van der Waals surface area contributed by atoms with Crippen molar-refractivity contribution in [1.82, 2.24) is 10.2 Å². The molecule has 1 unspecified atom stereocenters.